The maximum atomic E-state index is 8.54. The summed E-state index contributed by atoms with van der Waals surface area (Å²) in [7, 11) is 0. The first kappa shape index (κ1) is 6.80. The van der Waals surface area contributed by atoms with Crippen LogP contribution in [0.15, 0.2) is 16.7 Å². The Morgan fingerprint density at radius 1 is 1.56 bits per heavy atom. The van der Waals surface area contributed by atoms with Crippen molar-refractivity contribution in [2.24, 2.45) is 0 Å². The van der Waals surface area contributed by atoms with E-state index in [4.69, 9.17) is 10.2 Å². The lowest BCUT2D eigenvalue weighted by Crippen LogP contribution is -1.93. The summed E-state index contributed by atoms with van der Waals surface area (Å²) < 4.78 is 0.811. The number of hydrogen-bond donors (Lipinski definition) is 3. The lowest BCUT2D eigenvalue weighted by Gasteiger charge is -1.95. The van der Waals surface area contributed by atoms with E-state index < -0.39 is 6.29 Å². The third-order valence-electron chi connectivity index (χ3n) is 0.948. The number of H-pyrrole nitrogens is 1. The van der Waals surface area contributed by atoms with Gasteiger partial charge in [-0.2, -0.15) is 0 Å². The number of nitrogens with one attached hydrogen (secondary N) is 1. The second-order valence-corrected chi connectivity index (χ2v) is 2.56. The van der Waals surface area contributed by atoms with Crippen LogP contribution in [0.4, 0.5) is 0 Å². The fraction of sp³-hybridized carbons (Fsp3) is 0.200. The van der Waals surface area contributed by atoms with Gasteiger partial charge in [-0.05, 0) is 22.0 Å². The van der Waals surface area contributed by atoms with Crippen molar-refractivity contribution >= 4 is 15.9 Å². The molecule has 3 nitrogen and oxygen atoms in total. The van der Waals surface area contributed by atoms with Crippen LogP contribution in [0.2, 0.25) is 0 Å². The summed E-state index contributed by atoms with van der Waals surface area (Å²) >= 11 is 3.15. The molecule has 0 spiro atoms. The van der Waals surface area contributed by atoms with Gasteiger partial charge in [0.2, 0.25) is 0 Å². The Morgan fingerprint density at radius 2 is 2.22 bits per heavy atom. The minimum absolute atomic E-state index is 0.391. The van der Waals surface area contributed by atoms with Gasteiger partial charge in [-0.15, -0.1) is 0 Å². The maximum Gasteiger partial charge on any atom is 0.193 e. The van der Waals surface area contributed by atoms with Crippen LogP contribution in [-0.4, -0.2) is 15.2 Å². The summed E-state index contributed by atoms with van der Waals surface area (Å²) in [5, 5.41) is 17.1. The van der Waals surface area contributed by atoms with Crippen LogP contribution in [0.5, 0.6) is 0 Å². The summed E-state index contributed by atoms with van der Waals surface area (Å²) in [6, 6.07) is 1.60. The quantitative estimate of drug-likeness (QED) is 0.575. The fourth-order valence-electron chi connectivity index (χ4n) is 0.533. The van der Waals surface area contributed by atoms with E-state index in [1.54, 1.807) is 12.3 Å². The van der Waals surface area contributed by atoms with E-state index in [1.807, 2.05) is 0 Å². The monoisotopic (exact) mass is 191 g/mol. The van der Waals surface area contributed by atoms with E-state index in [0.717, 1.165) is 4.47 Å². The highest BCUT2D eigenvalue weighted by atomic mass is 79.9. The zero-order chi connectivity index (χ0) is 6.85. The van der Waals surface area contributed by atoms with E-state index >= 15 is 0 Å². The molecule has 0 bridgehead atoms. The molecule has 4 heteroatoms. The first-order chi connectivity index (χ1) is 4.20. The van der Waals surface area contributed by atoms with E-state index in [0.29, 0.717) is 5.69 Å². The summed E-state index contributed by atoms with van der Waals surface area (Å²) in [5.74, 6) is 0. The number of rotatable bonds is 1. The highest BCUT2D eigenvalue weighted by Crippen LogP contribution is 2.14. The van der Waals surface area contributed by atoms with Gasteiger partial charge in [0.15, 0.2) is 6.29 Å². The van der Waals surface area contributed by atoms with E-state index in [9.17, 15) is 0 Å². The van der Waals surface area contributed by atoms with Crippen LogP contribution in [0.1, 0.15) is 12.0 Å². The SMILES string of the molecule is OC(O)c1cc(Br)c[nH]1. The van der Waals surface area contributed by atoms with E-state index in [-0.39, 0.29) is 0 Å². The average molecular weight is 192 g/mol. The van der Waals surface area contributed by atoms with Crippen molar-refractivity contribution in [3.8, 4) is 0 Å². The smallest absolute Gasteiger partial charge is 0.193 e. The molecule has 1 aromatic heterocycles. The standard InChI is InChI=1S/C5H6BrNO2/c6-3-1-4(5(8)9)7-2-3/h1-2,5,7-9H. The minimum atomic E-state index is -1.41. The van der Waals surface area contributed by atoms with Gasteiger partial charge < -0.3 is 15.2 Å². The number of hydrogen-bond acceptors (Lipinski definition) is 2. The van der Waals surface area contributed by atoms with Crippen LogP contribution >= 0.6 is 15.9 Å². The average Bonchev–Trinajstić information content (AvgIpc) is 2.14. The van der Waals surface area contributed by atoms with E-state index in [1.165, 1.54) is 0 Å². The molecule has 50 valence electrons. The Bertz CT molecular complexity index is 197. The Morgan fingerprint density at radius 3 is 2.44 bits per heavy atom. The molecule has 0 aliphatic carbocycles. The van der Waals surface area contributed by atoms with Crippen molar-refractivity contribution in [3.05, 3.63) is 22.4 Å². The van der Waals surface area contributed by atoms with Crippen LogP contribution in [0.25, 0.3) is 0 Å². The summed E-state index contributed by atoms with van der Waals surface area (Å²) in [4.78, 5) is 2.66. The predicted octanol–water partition coefficient (Wildman–Crippen LogP) is 0.760. The molecule has 1 heterocycles. The molecule has 0 fully saturated rings. The molecule has 3 N–H and O–H groups in total. The van der Waals surface area contributed by atoms with Gasteiger partial charge in [0.05, 0.1) is 5.69 Å². The molecule has 9 heavy (non-hydrogen) atoms. The van der Waals surface area contributed by atoms with Crippen LogP contribution < -0.4 is 0 Å². The highest BCUT2D eigenvalue weighted by molar-refractivity contribution is 9.10. The van der Waals surface area contributed by atoms with E-state index in [2.05, 4.69) is 20.9 Å². The van der Waals surface area contributed by atoms with Gasteiger partial charge in [0.1, 0.15) is 0 Å². The zero-order valence-corrected chi connectivity index (χ0v) is 6.09. The molecule has 0 saturated heterocycles. The summed E-state index contributed by atoms with van der Waals surface area (Å²) in [6.45, 7) is 0. The maximum absolute atomic E-state index is 8.54. The highest BCUT2D eigenvalue weighted by Gasteiger charge is 2.02. The third kappa shape index (κ3) is 1.54. The number of aromatic amines is 1. The molecular weight excluding hydrogens is 186 g/mol. The van der Waals surface area contributed by atoms with Crippen LogP contribution in [0, 0.1) is 0 Å². The Labute approximate surface area is 60.5 Å². The molecule has 0 aliphatic rings. The van der Waals surface area contributed by atoms with Crippen molar-refractivity contribution in [1.29, 1.82) is 0 Å². The second-order valence-electron chi connectivity index (χ2n) is 1.65. The minimum Gasteiger partial charge on any atom is -0.363 e. The Kier molecular flexibility index (Phi) is 1.90. The molecule has 1 rings (SSSR count). The van der Waals surface area contributed by atoms with Crippen molar-refractivity contribution < 1.29 is 10.2 Å². The fourth-order valence-corrected chi connectivity index (χ4v) is 0.894. The predicted molar refractivity (Wildman–Crippen MR) is 35.7 cm³/mol. The lowest BCUT2D eigenvalue weighted by atomic mass is 10.4. The molecule has 0 unspecified atom stereocenters. The van der Waals surface area contributed by atoms with Crippen molar-refractivity contribution in [2.45, 2.75) is 6.29 Å². The van der Waals surface area contributed by atoms with Gasteiger partial charge in [-0.1, -0.05) is 0 Å². The number of aliphatic hydroxyl groups excluding tert-OH is 1. The molecule has 1 aromatic rings. The first-order valence-electron chi connectivity index (χ1n) is 2.40. The number of aromatic nitrogens is 1. The molecule has 0 aromatic carbocycles. The molecule has 0 saturated carbocycles. The zero-order valence-electron chi connectivity index (χ0n) is 4.50. The van der Waals surface area contributed by atoms with Gasteiger partial charge in [0.25, 0.3) is 0 Å². The summed E-state index contributed by atoms with van der Waals surface area (Å²) in [5.41, 5.74) is 0.391. The second kappa shape index (κ2) is 2.51. The van der Waals surface area contributed by atoms with Crippen molar-refractivity contribution in [3.63, 3.8) is 0 Å². The van der Waals surface area contributed by atoms with Gasteiger partial charge >= 0.3 is 0 Å². The largest absolute Gasteiger partial charge is 0.363 e. The van der Waals surface area contributed by atoms with Crippen LogP contribution in [0.3, 0.4) is 0 Å². The third-order valence-corrected chi connectivity index (χ3v) is 1.41. The van der Waals surface area contributed by atoms with Crippen molar-refractivity contribution in [2.75, 3.05) is 0 Å². The first-order valence-corrected chi connectivity index (χ1v) is 3.19. The molecule has 0 radical (unpaired) electrons. The van der Waals surface area contributed by atoms with Gasteiger partial charge in [-0.25, -0.2) is 0 Å². The normalized spacial score (nSPS) is 10.7. The topological polar surface area (TPSA) is 56.2 Å². The lowest BCUT2D eigenvalue weighted by molar-refractivity contribution is -0.0454. The molecule has 0 aliphatic heterocycles. The Hall–Kier alpha value is -0.320. The van der Waals surface area contributed by atoms with Crippen molar-refractivity contribution in [1.82, 2.24) is 4.98 Å². The van der Waals surface area contributed by atoms with Crippen LogP contribution in [-0.2, 0) is 0 Å². The van der Waals surface area contributed by atoms with Gasteiger partial charge in [-0.3, -0.25) is 0 Å². The summed E-state index contributed by atoms with van der Waals surface area (Å²) in [6.07, 6.45) is 0.227. The van der Waals surface area contributed by atoms with Gasteiger partial charge in [0, 0.05) is 10.7 Å². The number of halogens is 1. The molecule has 0 atom stereocenters. The number of aliphatic hydroxyl groups is 2. The molecule has 0 amide bonds. The molecular formula is C5H6BrNO2. The Balaban J connectivity index is 2.85.